The zero-order valence-electron chi connectivity index (χ0n) is 11.7. The molecule has 0 aliphatic heterocycles. The maximum absolute atomic E-state index is 6.07. The molecule has 108 valence electrons. The predicted octanol–water partition coefficient (Wildman–Crippen LogP) is 3.54. The van der Waals surface area contributed by atoms with E-state index in [4.69, 9.17) is 27.9 Å². The number of hydrogen-bond acceptors (Lipinski definition) is 4. The monoisotopic (exact) mass is 305 g/mol. The van der Waals surface area contributed by atoms with E-state index in [-0.39, 0.29) is 0 Å². The van der Waals surface area contributed by atoms with E-state index in [9.17, 15) is 0 Å². The highest BCUT2D eigenvalue weighted by atomic mass is 35.5. The zero-order chi connectivity index (χ0) is 14.3. The lowest BCUT2D eigenvalue weighted by atomic mass is 10.4. The molecule has 1 aromatic rings. The number of ether oxygens (including phenoxy) is 1. The van der Waals surface area contributed by atoms with Gasteiger partial charge in [-0.15, -0.1) is 0 Å². The minimum absolute atomic E-state index is 0.434. The largest absolute Gasteiger partial charge is 0.477 e. The van der Waals surface area contributed by atoms with Crippen LogP contribution < -0.4 is 10.1 Å². The highest BCUT2D eigenvalue weighted by Crippen LogP contribution is 2.30. The predicted molar refractivity (Wildman–Crippen MR) is 81.7 cm³/mol. The van der Waals surface area contributed by atoms with Crippen molar-refractivity contribution in [1.29, 1.82) is 0 Å². The van der Waals surface area contributed by atoms with E-state index < -0.39 is 0 Å². The molecule has 6 heteroatoms. The number of pyridine rings is 1. The van der Waals surface area contributed by atoms with Gasteiger partial charge in [0.05, 0.1) is 11.6 Å². The van der Waals surface area contributed by atoms with Crippen molar-refractivity contribution in [1.82, 2.24) is 9.88 Å². The maximum atomic E-state index is 6.07. The van der Waals surface area contributed by atoms with Crippen molar-refractivity contribution >= 4 is 29.0 Å². The summed E-state index contributed by atoms with van der Waals surface area (Å²) in [6, 6.07) is 1.66. The van der Waals surface area contributed by atoms with Crippen LogP contribution in [0.15, 0.2) is 6.07 Å². The Morgan fingerprint density at radius 2 is 2.05 bits per heavy atom. The van der Waals surface area contributed by atoms with E-state index in [0.717, 1.165) is 25.9 Å². The van der Waals surface area contributed by atoms with Crippen LogP contribution in [0.25, 0.3) is 0 Å². The van der Waals surface area contributed by atoms with E-state index in [2.05, 4.69) is 22.1 Å². The molecule has 1 heterocycles. The van der Waals surface area contributed by atoms with Crippen LogP contribution in [0, 0.1) is 0 Å². The molecule has 0 radical (unpaired) electrons. The number of rotatable bonds is 8. The smallest absolute Gasteiger partial charge is 0.234 e. The number of hydrogen-bond donors (Lipinski definition) is 1. The van der Waals surface area contributed by atoms with Gasteiger partial charge >= 0.3 is 0 Å². The van der Waals surface area contributed by atoms with Crippen LogP contribution in [0.3, 0.4) is 0 Å². The van der Waals surface area contributed by atoms with Gasteiger partial charge in [0.25, 0.3) is 0 Å². The Hall–Kier alpha value is -0.710. The van der Waals surface area contributed by atoms with Crippen LogP contribution in [0.1, 0.15) is 19.8 Å². The fraction of sp³-hybridized carbons (Fsp3) is 0.615. The minimum Gasteiger partial charge on any atom is -0.477 e. The third kappa shape index (κ3) is 5.85. The van der Waals surface area contributed by atoms with Crippen molar-refractivity contribution in [3.8, 4) is 5.88 Å². The molecule has 0 aliphatic carbocycles. The lowest BCUT2D eigenvalue weighted by Crippen LogP contribution is -2.16. The Morgan fingerprint density at radius 1 is 1.32 bits per heavy atom. The van der Waals surface area contributed by atoms with Crippen molar-refractivity contribution in [2.75, 3.05) is 39.1 Å². The van der Waals surface area contributed by atoms with Crippen molar-refractivity contribution in [3.63, 3.8) is 0 Å². The SMILES string of the molecule is CCCNc1nc(OCCCN(C)C)c(Cl)cc1Cl. The molecule has 0 aliphatic rings. The molecule has 1 rings (SSSR count). The summed E-state index contributed by atoms with van der Waals surface area (Å²) in [5.74, 6) is 1.05. The van der Waals surface area contributed by atoms with Crippen molar-refractivity contribution in [2.24, 2.45) is 0 Å². The lowest BCUT2D eigenvalue weighted by Gasteiger charge is -2.13. The average Bonchev–Trinajstić information content (AvgIpc) is 2.35. The molecule has 4 nitrogen and oxygen atoms in total. The Kier molecular flexibility index (Phi) is 7.28. The van der Waals surface area contributed by atoms with Gasteiger partial charge in [0.15, 0.2) is 0 Å². The molecule has 0 amide bonds. The molecule has 0 aromatic carbocycles. The van der Waals surface area contributed by atoms with Gasteiger partial charge in [0.2, 0.25) is 5.88 Å². The normalized spacial score (nSPS) is 10.8. The van der Waals surface area contributed by atoms with Crippen LogP contribution in [-0.4, -0.2) is 43.7 Å². The fourth-order valence-electron chi connectivity index (χ4n) is 1.47. The molecular weight excluding hydrogens is 285 g/mol. The Labute approximate surface area is 125 Å². The third-order valence-electron chi connectivity index (χ3n) is 2.43. The second-order valence-electron chi connectivity index (χ2n) is 4.54. The third-order valence-corrected chi connectivity index (χ3v) is 2.99. The summed E-state index contributed by atoms with van der Waals surface area (Å²) in [7, 11) is 4.06. The van der Waals surface area contributed by atoms with Crippen molar-refractivity contribution in [3.05, 3.63) is 16.1 Å². The first-order chi connectivity index (χ1) is 9.04. The Morgan fingerprint density at radius 3 is 2.68 bits per heavy atom. The van der Waals surface area contributed by atoms with Crippen molar-refractivity contribution < 1.29 is 4.74 Å². The number of anilines is 1. The average molecular weight is 306 g/mol. The molecule has 19 heavy (non-hydrogen) atoms. The van der Waals surface area contributed by atoms with Gasteiger partial charge in [-0.3, -0.25) is 0 Å². The summed E-state index contributed by atoms with van der Waals surface area (Å²) in [6.07, 6.45) is 1.92. The first-order valence-corrected chi connectivity index (χ1v) is 7.17. The highest BCUT2D eigenvalue weighted by Gasteiger charge is 2.10. The fourth-order valence-corrected chi connectivity index (χ4v) is 1.95. The molecule has 0 fully saturated rings. The van der Waals surface area contributed by atoms with Gasteiger partial charge in [-0.25, -0.2) is 0 Å². The van der Waals surface area contributed by atoms with E-state index in [1.807, 2.05) is 14.1 Å². The summed E-state index contributed by atoms with van der Waals surface area (Å²) in [6.45, 7) is 4.44. The second-order valence-corrected chi connectivity index (χ2v) is 5.35. The van der Waals surface area contributed by atoms with Crippen LogP contribution in [0.2, 0.25) is 10.0 Å². The standard InChI is InChI=1S/C13H21Cl2N3O/c1-4-6-16-12-10(14)9-11(15)13(17-12)19-8-5-7-18(2)3/h9H,4-8H2,1-3H3,(H,16,17). The second kappa shape index (κ2) is 8.46. The summed E-state index contributed by atoms with van der Waals surface area (Å²) < 4.78 is 5.59. The first kappa shape index (κ1) is 16.3. The van der Waals surface area contributed by atoms with E-state index in [1.165, 1.54) is 0 Å². The molecule has 0 saturated carbocycles. The summed E-state index contributed by atoms with van der Waals surface area (Å²) in [5.41, 5.74) is 0. The molecule has 1 N–H and O–H groups in total. The first-order valence-electron chi connectivity index (χ1n) is 6.42. The van der Waals surface area contributed by atoms with Gasteiger partial charge in [0, 0.05) is 13.1 Å². The van der Waals surface area contributed by atoms with Gasteiger partial charge in [-0.05, 0) is 33.0 Å². The summed E-state index contributed by atoms with van der Waals surface area (Å²) in [5, 5.41) is 4.10. The van der Waals surface area contributed by atoms with E-state index >= 15 is 0 Å². The zero-order valence-corrected chi connectivity index (χ0v) is 13.2. The lowest BCUT2D eigenvalue weighted by molar-refractivity contribution is 0.273. The van der Waals surface area contributed by atoms with Crippen LogP contribution in [0.4, 0.5) is 5.82 Å². The topological polar surface area (TPSA) is 37.4 Å². The van der Waals surface area contributed by atoms with Crippen molar-refractivity contribution in [2.45, 2.75) is 19.8 Å². The maximum Gasteiger partial charge on any atom is 0.234 e. The number of aromatic nitrogens is 1. The molecular formula is C13H21Cl2N3O. The summed E-state index contributed by atoms with van der Waals surface area (Å²) in [4.78, 5) is 6.42. The Bertz CT molecular complexity index is 400. The quantitative estimate of drug-likeness (QED) is 0.745. The summed E-state index contributed by atoms with van der Waals surface area (Å²) >= 11 is 12.1. The Balaban J connectivity index is 2.61. The molecule has 0 atom stereocenters. The van der Waals surface area contributed by atoms with Crippen LogP contribution in [0.5, 0.6) is 5.88 Å². The highest BCUT2D eigenvalue weighted by molar-refractivity contribution is 6.36. The van der Waals surface area contributed by atoms with Gasteiger partial charge in [-0.2, -0.15) is 4.98 Å². The van der Waals surface area contributed by atoms with Crippen LogP contribution in [-0.2, 0) is 0 Å². The number of halogens is 2. The molecule has 1 aromatic heterocycles. The van der Waals surface area contributed by atoms with Gasteiger partial charge < -0.3 is 15.0 Å². The molecule has 0 saturated heterocycles. The van der Waals surface area contributed by atoms with Crippen LogP contribution >= 0.6 is 23.2 Å². The van der Waals surface area contributed by atoms with E-state index in [1.54, 1.807) is 6.07 Å². The molecule has 0 bridgehead atoms. The number of nitrogens with zero attached hydrogens (tertiary/aromatic N) is 2. The van der Waals surface area contributed by atoms with Gasteiger partial charge in [-0.1, -0.05) is 30.1 Å². The van der Waals surface area contributed by atoms with Gasteiger partial charge in [0.1, 0.15) is 10.8 Å². The van der Waals surface area contributed by atoms with E-state index in [0.29, 0.717) is 28.3 Å². The minimum atomic E-state index is 0.434. The number of nitrogens with one attached hydrogen (secondary N) is 1. The molecule has 0 spiro atoms. The molecule has 0 unspecified atom stereocenters.